The van der Waals surface area contributed by atoms with Gasteiger partial charge in [-0.1, -0.05) is 23.5 Å². The Hall–Kier alpha value is -1.61. The summed E-state index contributed by atoms with van der Waals surface area (Å²) in [5, 5.41) is 3.97. The van der Waals surface area contributed by atoms with Crippen molar-refractivity contribution in [1.29, 1.82) is 0 Å². The Balaban J connectivity index is 2.27. The molecule has 100 valence electrons. The van der Waals surface area contributed by atoms with Crippen LogP contribution in [0.15, 0.2) is 33.9 Å². The average molecular weight is 397 g/mol. The largest absolute Gasteiger partial charge is 0.295 e. The smallest absolute Gasteiger partial charge is 0.266 e. The quantitative estimate of drug-likeness (QED) is 0.575. The Morgan fingerprint density at radius 1 is 1.25 bits per heavy atom. The summed E-state index contributed by atoms with van der Waals surface area (Å²) in [5.41, 5.74) is 0.498. The maximum Gasteiger partial charge on any atom is 0.295 e. The fourth-order valence-corrected chi connectivity index (χ4v) is 2.96. The third-order valence-electron chi connectivity index (χ3n) is 2.71. The minimum absolute atomic E-state index is 0.221. The lowest BCUT2D eigenvalue weighted by molar-refractivity contribution is 0.833. The maximum atomic E-state index is 12.2. The van der Waals surface area contributed by atoms with Gasteiger partial charge >= 0.3 is 0 Å². The van der Waals surface area contributed by atoms with Crippen molar-refractivity contribution in [3.05, 3.63) is 64.3 Å². The van der Waals surface area contributed by atoms with Crippen LogP contribution in [0.4, 0.5) is 0 Å². The van der Waals surface area contributed by atoms with E-state index in [0.717, 1.165) is 9.13 Å². The van der Waals surface area contributed by atoms with Crippen molar-refractivity contribution in [2.24, 2.45) is 0 Å². The Bertz CT molecular complexity index is 960. The van der Waals surface area contributed by atoms with Crippen molar-refractivity contribution in [3.63, 3.8) is 0 Å². The zero-order valence-electron chi connectivity index (χ0n) is 10.3. The molecule has 3 aromatic rings. The fourth-order valence-electron chi connectivity index (χ4n) is 1.70. The number of hydrogen-bond acceptors (Lipinski definition) is 5. The van der Waals surface area contributed by atoms with Crippen LogP contribution in [0.2, 0.25) is 0 Å². The normalized spacial score (nSPS) is 12.2. The standard InChI is InChI=1S/C13H8IN3O2S/c1-7-11(18)15-13-17(16-7)12(19)10(20-13)6-8-2-4-9(14)5-3-8/h2-6H,1H3. The summed E-state index contributed by atoms with van der Waals surface area (Å²) >= 11 is 3.39. The van der Waals surface area contributed by atoms with Crippen molar-refractivity contribution in [2.75, 3.05) is 0 Å². The van der Waals surface area contributed by atoms with E-state index in [-0.39, 0.29) is 11.3 Å². The Morgan fingerprint density at radius 2 is 1.95 bits per heavy atom. The third kappa shape index (κ3) is 2.38. The van der Waals surface area contributed by atoms with Gasteiger partial charge in [0.15, 0.2) is 0 Å². The number of aryl methyl sites for hydroxylation is 1. The monoisotopic (exact) mass is 397 g/mol. The molecule has 1 aromatic carbocycles. The van der Waals surface area contributed by atoms with Crippen LogP contribution in [0.1, 0.15) is 11.3 Å². The van der Waals surface area contributed by atoms with Crippen LogP contribution in [0.25, 0.3) is 11.0 Å². The van der Waals surface area contributed by atoms with E-state index in [0.29, 0.717) is 9.49 Å². The topological polar surface area (TPSA) is 64.3 Å². The molecule has 0 fully saturated rings. The van der Waals surface area contributed by atoms with Gasteiger partial charge in [0.25, 0.3) is 11.1 Å². The van der Waals surface area contributed by atoms with Gasteiger partial charge < -0.3 is 0 Å². The molecule has 0 spiro atoms. The van der Waals surface area contributed by atoms with Crippen LogP contribution in [0.3, 0.4) is 0 Å². The van der Waals surface area contributed by atoms with E-state index >= 15 is 0 Å². The molecule has 5 nitrogen and oxygen atoms in total. The highest BCUT2D eigenvalue weighted by Crippen LogP contribution is 2.07. The maximum absolute atomic E-state index is 12.2. The van der Waals surface area contributed by atoms with E-state index in [1.54, 1.807) is 13.0 Å². The lowest BCUT2D eigenvalue weighted by Gasteiger charge is -1.91. The van der Waals surface area contributed by atoms with Crippen LogP contribution in [-0.2, 0) is 0 Å². The molecule has 0 unspecified atom stereocenters. The molecule has 0 amide bonds. The van der Waals surface area contributed by atoms with Crippen LogP contribution in [-0.4, -0.2) is 14.6 Å². The van der Waals surface area contributed by atoms with Gasteiger partial charge in [0.2, 0.25) is 4.96 Å². The second-order valence-corrected chi connectivity index (χ2v) is 6.42. The molecule has 0 saturated heterocycles. The van der Waals surface area contributed by atoms with E-state index in [9.17, 15) is 9.59 Å². The lowest BCUT2D eigenvalue weighted by atomic mass is 10.2. The molecule has 0 aliphatic heterocycles. The number of halogens is 1. The van der Waals surface area contributed by atoms with E-state index in [4.69, 9.17) is 0 Å². The molecule has 2 heterocycles. The summed E-state index contributed by atoms with van der Waals surface area (Å²) < 4.78 is 2.82. The number of fused-ring (bicyclic) bond motifs is 1. The molecule has 3 rings (SSSR count). The molecule has 7 heteroatoms. The van der Waals surface area contributed by atoms with E-state index in [2.05, 4.69) is 32.7 Å². The number of hydrogen-bond donors (Lipinski definition) is 0. The number of rotatable bonds is 1. The predicted octanol–water partition coefficient (Wildman–Crippen LogP) is 0.972. The molecule has 2 aromatic heterocycles. The van der Waals surface area contributed by atoms with Gasteiger partial charge in [-0.2, -0.15) is 14.6 Å². The first-order chi connectivity index (χ1) is 9.54. The molecule has 0 N–H and O–H groups in total. The molecule has 0 radical (unpaired) electrons. The molecular weight excluding hydrogens is 389 g/mol. The van der Waals surface area contributed by atoms with Crippen molar-refractivity contribution in [1.82, 2.24) is 14.6 Å². The highest BCUT2D eigenvalue weighted by molar-refractivity contribution is 14.1. The second-order valence-electron chi connectivity index (χ2n) is 4.16. The molecular formula is C13H8IN3O2S. The molecule has 0 atom stereocenters. The first-order valence-corrected chi connectivity index (χ1v) is 7.62. The summed E-state index contributed by atoms with van der Waals surface area (Å²) in [7, 11) is 0. The highest BCUT2D eigenvalue weighted by Gasteiger charge is 2.07. The number of aromatic nitrogens is 3. The first-order valence-electron chi connectivity index (χ1n) is 5.72. The predicted molar refractivity (Wildman–Crippen MR) is 86.1 cm³/mol. The van der Waals surface area contributed by atoms with E-state index in [1.807, 2.05) is 24.3 Å². The summed E-state index contributed by atoms with van der Waals surface area (Å²) in [5.74, 6) is 0. The first kappa shape index (κ1) is 13.4. The van der Waals surface area contributed by atoms with E-state index < -0.39 is 5.56 Å². The summed E-state index contributed by atoms with van der Waals surface area (Å²) in [6.07, 6.45) is 1.78. The number of thiazole rings is 1. The lowest BCUT2D eigenvalue weighted by Crippen LogP contribution is -2.27. The second kappa shape index (κ2) is 5.06. The number of benzene rings is 1. The van der Waals surface area contributed by atoms with Crippen LogP contribution in [0, 0.1) is 10.5 Å². The highest BCUT2D eigenvalue weighted by atomic mass is 127. The van der Waals surface area contributed by atoms with Gasteiger partial charge in [-0.05, 0) is 53.3 Å². The van der Waals surface area contributed by atoms with Gasteiger partial charge in [0.05, 0.1) is 4.53 Å². The molecule has 20 heavy (non-hydrogen) atoms. The van der Waals surface area contributed by atoms with Gasteiger partial charge in [-0.15, -0.1) is 0 Å². The van der Waals surface area contributed by atoms with Crippen molar-refractivity contribution >= 4 is 45.0 Å². The Kier molecular flexibility index (Phi) is 3.38. The summed E-state index contributed by atoms with van der Waals surface area (Å²) in [6, 6.07) is 7.80. The Morgan fingerprint density at radius 3 is 2.65 bits per heavy atom. The molecule has 0 saturated carbocycles. The van der Waals surface area contributed by atoms with Crippen LogP contribution < -0.4 is 15.7 Å². The van der Waals surface area contributed by atoms with Crippen molar-refractivity contribution in [2.45, 2.75) is 6.92 Å². The summed E-state index contributed by atoms with van der Waals surface area (Å²) in [6.45, 7) is 1.54. The van der Waals surface area contributed by atoms with Gasteiger partial charge in [0, 0.05) is 3.57 Å². The van der Waals surface area contributed by atoms with Crippen molar-refractivity contribution in [3.8, 4) is 0 Å². The minimum atomic E-state index is -0.396. The third-order valence-corrected chi connectivity index (χ3v) is 4.39. The molecule has 0 bridgehead atoms. The zero-order valence-corrected chi connectivity index (χ0v) is 13.3. The molecule has 0 aliphatic rings. The van der Waals surface area contributed by atoms with Crippen LogP contribution >= 0.6 is 33.9 Å². The van der Waals surface area contributed by atoms with E-state index in [1.165, 1.54) is 15.9 Å². The average Bonchev–Trinajstić information content (AvgIpc) is 2.70. The van der Waals surface area contributed by atoms with Gasteiger partial charge in [-0.3, -0.25) is 9.59 Å². The van der Waals surface area contributed by atoms with Crippen molar-refractivity contribution < 1.29 is 0 Å². The SMILES string of the molecule is Cc1nn2c(=O)c(=Cc3ccc(I)cc3)sc2nc1=O. The zero-order chi connectivity index (χ0) is 14.3. The van der Waals surface area contributed by atoms with Gasteiger partial charge in [0.1, 0.15) is 5.69 Å². The minimum Gasteiger partial charge on any atom is -0.266 e. The summed E-state index contributed by atoms with van der Waals surface area (Å²) in [4.78, 5) is 27.8. The number of nitrogens with zero attached hydrogens (tertiary/aromatic N) is 3. The molecule has 0 aliphatic carbocycles. The fraction of sp³-hybridized carbons (Fsp3) is 0.0769. The Labute approximate surface area is 130 Å². The van der Waals surface area contributed by atoms with Crippen LogP contribution in [0.5, 0.6) is 0 Å². The van der Waals surface area contributed by atoms with Gasteiger partial charge in [-0.25, -0.2) is 0 Å².